The number of aliphatic hydroxyl groups is 1. The van der Waals surface area contributed by atoms with Gasteiger partial charge in [-0.25, -0.2) is 13.8 Å². The van der Waals surface area contributed by atoms with E-state index < -0.39 is 60.8 Å². The number of ether oxygens (including phenoxy) is 1. The number of nitrogens with one attached hydrogen (secondary N) is 1. The van der Waals surface area contributed by atoms with Crippen LogP contribution in [0.2, 0.25) is 0 Å². The van der Waals surface area contributed by atoms with Gasteiger partial charge in [-0.05, 0) is 45.1 Å². The first-order chi connectivity index (χ1) is 17.0. The molecule has 2 aliphatic heterocycles. The largest absolute Gasteiger partial charge is 0.530 e. The van der Waals surface area contributed by atoms with E-state index in [-0.39, 0.29) is 27.9 Å². The summed E-state index contributed by atoms with van der Waals surface area (Å²) in [5, 5.41) is 9.86. The number of rotatable bonds is 4. The minimum absolute atomic E-state index is 0.0142. The predicted molar refractivity (Wildman–Crippen MR) is 141 cm³/mol. The third-order valence-electron chi connectivity index (χ3n) is 6.35. The Morgan fingerprint density at radius 3 is 2.46 bits per heavy atom. The molecule has 0 spiro atoms. The van der Waals surface area contributed by atoms with Gasteiger partial charge in [-0.1, -0.05) is 41.5 Å². The quantitative estimate of drug-likeness (QED) is 0.371. The smallest absolute Gasteiger partial charge is 0.403 e. The predicted octanol–water partition coefficient (Wildman–Crippen LogP) is 4.26. The first kappa shape index (κ1) is 28.4. The summed E-state index contributed by atoms with van der Waals surface area (Å²) in [6, 6.07) is 1.74. The molecule has 2 aliphatic rings. The highest BCUT2D eigenvalue weighted by molar-refractivity contribution is 14.1. The standard InChI is InChI=1S/C24H31FIN2O8P/c1-23(2,3)13-7-14(24(4,5)6)20-12(19(13)25)11-33-37(32,36-20)35-16-8-18(34-17(16)10-29)28-9-15(26)21(30)27-22(28)31/h7,9,16-18,29H,8,10-11H2,1-6H3,(H,27,30,31)/t16-,17+,18+,37+/m0/s1/i26-2. The molecule has 0 unspecified atom stereocenters. The molecule has 1 aromatic carbocycles. The van der Waals surface area contributed by atoms with Crippen molar-refractivity contribution in [3.8, 4) is 5.75 Å². The van der Waals surface area contributed by atoms with E-state index in [9.17, 15) is 19.3 Å². The first-order valence-electron chi connectivity index (χ1n) is 11.8. The molecule has 37 heavy (non-hydrogen) atoms. The van der Waals surface area contributed by atoms with Crippen molar-refractivity contribution in [2.45, 2.75) is 83.8 Å². The van der Waals surface area contributed by atoms with Crippen molar-refractivity contribution in [3.63, 3.8) is 0 Å². The number of aliphatic hydroxyl groups excluding tert-OH is 1. The molecule has 204 valence electrons. The number of phosphoric acid groups is 1. The van der Waals surface area contributed by atoms with Gasteiger partial charge in [0.15, 0.2) is 0 Å². The molecular weight excluding hydrogens is 619 g/mol. The van der Waals surface area contributed by atoms with Crippen molar-refractivity contribution in [1.82, 2.24) is 9.55 Å². The van der Waals surface area contributed by atoms with Gasteiger partial charge in [0.25, 0.3) is 5.56 Å². The molecule has 4 atom stereocenters. The molecule has 1 saturated heterocycles. The highest BCUT2D eigenvalue weighted by Crippen LogP contribution is 2.59. The Kier molecular flexibility index (Phi) is 7.59. The van der Waals surface area contributed by atoms with E-state index >= 15 is 4.39 Å². The number of aromatic nitrogens is 2. The van der Waals surface area contributed by atoms with Gasteiger partial charge in [0.05, 0.1) is 22.3 Å². The molecule has 0 aliphatic carbocycles. The number of hydrogen-bond donors (Lipinski definition) is 2. The lowest BCUT2D eigenvalue weighted by Gasteiger charge is -2.34. The Morgan fingerprint density at radius 2 is 1.86 bits per heavy atom. The van der Waals surface area contributed by atoms with Crippen LogP contribution in [0.3, 0.4) is 0 Å². The zero-order valence-corrected chi connectivity index (χ0v) is 24.5. The molecule has 10 nitrogen and oxygen atoms in total. The number of halogens is 2. The van der Waals surface area contributed by atoms with E-state index in [1.165, 1.54) is 10.8 Å². The second kappa shape index (κ2) is 9.87. The van der Waals surface area contributed by atoms with Crippen LogP contribution in [0.4, 0.5) is 4.39 Å². The average Bonchev–Trinajstić information content (AvgIpc) is 3.16. The lowest BCUT2D eigenvalue weighted by Crippen LogP contribution is -2.33. The molecule has 1 aromatic heterocycles. The van der Waals surface area contributed by atoms with Gasteiger partial charge in [0.2, 0.25) is 0 Å². The molecule has 13 heteroatoms. The van der Waals surface area contributed by atoms with Crippen LogP contribution < -0.4 is 15.8 Å². The van der Waals surface area contributed by atoms with E-state index in [1.54, 1.807) is 28.7 Å². The average molecular weight is 650 g/mol. The van der Waals surface area contributed by atoms with Crippen LogP contribution >= 0.6 is 30.4 Å². The molecule has 2 N–H and O–H groups in total. The maximum Gasteiger partial charge on any atom is 0.530 e. The van der Waals surface area contributed by atoms with Crippen LogP contribution in [0, 0.1) is 9.39 Å². The fourth-order valence-corrected chi connectivity index (χ4v) is 6.22. The number of phosphoric ester groups is 1. The van der Waals surface area contributed by atoms with Gasteiger partial charge < -0.3 is 14.4 Å². The lowest BCUT2D eigenvalue weighted by atomic mass is 9.78. The maximum absolute atomic E-state index is 15.5. The Bertz CT molecular complexity index is 1380. The van der Waals surface area contributed by atoms with Gasteiger partial charge in [0.1, 0.15) is 30.0 Å². The van der Waals surface area contributed by atoms with Crippen molar-refractivity contribution < 1.29 is 32.4 Å². The van der Waals surface area contributed by atoms with Crippen LogP contribution in [-0.2, 0) is 35.8 Å². The summed E-state index contributed by atoms with van der Waals surface area (Å²) in [6.07, 6.45) is -1.49. The van der Waals surface area contributed by atoms with E-state index in [0.29, 0.717) is 11.1 Å². The highest BCUT2D eigenvalue weighted by Gasteiger charge is 2.47. The third kappa shape index (κ3) is 5.60. The van der Waals surface area contributed by atoms with Crippen LogP contribution in [0.5, 0.6) is 5.75 Å². The maximum atomic E-state index is 15.5. The van der Waals surface area contributed by atoms with Gasteiger partial charge in [-0.15, -0.1) is 0 Å². The zero-order valence-electron chi connectivity index (χ0n) is 21.5. The molecule has 1 fully saturated rings. The van der Waals surface area contributed by atoms with E-state index in [2.05, 4.69) is 4.98 Å². The summed E-state index contributed by atoms with van der Waals surface area (Å²) in [5.41, 5.74) is -0.866. The number of H-pyrrole nitrogens is 1. The minimum atomic E-state index is -4.27. The summed E-state index contributed by atoms with van der Waals surface area (Å²) < 4.78 is 53.4. The zero-order chi connectivity index (χ0) is 27.5. The number of hydrogen-bond acceptors (Lipinski definition) is 8. The Hall–Kier alpha value is -1.57. The van der Waals surface area contributed by atoms with Gasteiger partial charge in [-0.3, -0.25) is 23.4 Å². The van der Waals surface area contributed by atoms with E-state index in [1.807, 2.05) is 41.5 Å². The first-order valence-corrected chi connectivity index (χ1v) is 14.3. The van der Waals surface area contributed by atoms with Crippen molar-refractivity contribution in [1.29, 1.82) is 0 Å². The number of fused-ring (bicyclic) bond motifs is 1. The van der Waals surface area contributed by atoms with Crippen LogP contribution in [-0.4, -0.2) is 33.5 Å². The SMILES string of the molecule is CC(C)(C)c1cc(C(C)(C)C)c2c(c1F)CO[P@](=O)(O[C@H]1C[C@H](n3cc([125I])c(=O)[nH]c3=O)O[C@@H]1CO)O2. The summed E-state index contributed by atoms with van der Waals surface area (Å²) in [6.45, 7) is 10.7. The molecule has 2 aromatic rings. The number of aromatic amines is 1. The number of benzene rings is 1. The summed E-state index contributed by atoms with van der Waals surface area (Å²) in [5.74, 6) is -0.360. The molecule has 3 heterocycles. The van der Waals surface area contributed by atoms with Crippen molar-refractivity contribution in [2.75, 3.05) is 6.61 Å². The highest BCUT2D eigenvalue weighted by atomic mass is 125. The molecule has 0 amide bonds. The molecular formula is C24H31FIN2O8P. The van der Waals surface area contributed by atoms with E-state index in [0.717, 1.165) is 0 Å². The minimum Gasteiger partial charge on any atom is -0.403 e. The van der Waals surface area contributed by atoms with Gasteiger partial charge >= 0.3 is 13.5 Å². The van der Waals surface area contributed by atoms with Gasteiger partial charge in [-0.2, -0.15) is 0 Å². The topological polar surface area (TPSA) is 129 Å². The van der Waals surface area contributed by atoms with Crippen molar-refractivity contribution in [3.05, 3.63) is 59.2 Å². The summed E-state index contributed by atoms with van der Waals surface area (Å²) >= 11 is 1.78. The van der Waals surface area contributed by atoms with Crippen molar-refractivity contribution in [2.24, 2.45) is 0 Å². The summed E-state index contributed by atoms with van der Waals surface area (Å²) in [4.78, 5) is 26.2. The Morgan fingerprint density at radius 1 is 1.22 bits per heavy atom. The fraction of sp³-hybridized carbons (Fsp3) is 0.583. The number of nitrogens with zero attached hydrogens (tertiary/aromatic N) is 1. The van der Waals surface area contributed by atoms with Crippen molar-refractivity contribution >= 4 is 30.4 Å². The van der Waals surface area contributed by atoms with Crippen LogP contribution in [0.25, 0.3) is 0 Å². The second-order valence-electron chi connectivity index (χ2n) is 11.2. The third-order valence-corrected chi connectivity index (χ3v) is 8.50. The lowest BCUT2D eigenvalue weighted by molar-refractivity contribution is -0.0468. The normalized spacial score (nSPS) is 26.1. The molecule has 0 saturated carbocycles. The molecule has 4 rings (SSSR count). The Labute approximate surface area is 227 Å². The van der Waals surface area contributed by atoms with Crippen LogP contribution in [0.15, 0.2) is 21.9 Å². The molecule has 0 radical (unpaired) electrons. The fourth-order valence-electron chi connectivity index (χ4n) is 4.35. The monoisotopic (exact) mass is 650 g/mol. The Balaban J connectivity index is 1.66. The van der Waals surface area contributed by atoms with E-state index in [4.69, 9.17) is 18.3 Å². The van der Waals surface area contributed by atoms with Gasteiger partial charge in [0, 0.05) is 18.2 Å². The second-order valence-corrected chi connectivity index (χ2v) is 13.9. The summed E-state index contributed by atoms with van der Waals surface area (Å²) in [7, 11) is -4.27. The molecule has 0 bridgehead atoms. The van der Waals surface area contributed by atoms with Crippen LogP contribution in [0.1, 0.15) is 70.9 Å².